The molecule has 0 saturated carbocycles. The maximum absolute atomic E-state index is 5.91. The lowest BCUT2D eigenvalue weighted by molar-refractivity contribution is 0.475. The van der Waals surface area contributed by atoms with Crippen molar-refractivity contribution in [3.8, 4) is 11.5 Å². The van der Waals surface area contributed by atoms with E-state index in [1.165, 1.54) is 5.56 Å². The summed E-state index contributed by atoms with van der Waals surface area (Å²) in [5.41, 5.74) is 8.03. The maximum Gasteiger partial charge on any atom is 0.133 e. The molecule has 2 aromatic rings. The Labute approximate surface area is 122 Å². The average molecular weight is 320 g/mol. The van der Waals surface area contributed by atoms with Gasteiger partial charge >= 0.3 is 0 Å². The van der Waals surface area contributed by atoms with E-state index in [1.54, 1.807) is 0 Å². The topological polar surface area (TPSA) is 35.2 Å². The van der Waals surface area contributed by atoms with Crippen LogP contribution in [0.2, 0.25) is 0 Å². The number of nitrogens with two attached hydrogens (primary N) is 1. The SMILES string of the molecule is CC(C)c1ccc(Oc2cc(Br)ccc2CN)cc1. The quantitative estimate of drug-likeness (QED) is 0.876. The number of benzene rings is 2. The molecule has 0 aliphatic carbocycles. The van der Waals surface area contributed by atoms with E-state index in [0.29, 0.717) is 12.5 Å². The molecule has 2 aromatic carbocycles. The molecule has 0 radical (unpaired) electrons. The summed E-state index contributed by atoms with van der Waals surface area (Å²) >= 11 is 3.45. The van der Waals surface area contributed by atoms with Gasteiger partial charge in [-0.1, -0.05) is 48.0 Å². The minimum atomic E-state index is 0.465. The zero-order chi connectivity index (χ0) is 13.8. The largest absolute Gasteiger partial charge is 0.457 e. The van der Waals surface area contributed by atoms with Crippen LogP contribution >= 0.6 is 15.9 Å². The van der Waals surface area contributed by atoms with Crippen molar-refractivity contribution in [2.75, 3.05) is 0 Å². The van der Waals surface area contributed by atoms with Crippen LogP contribution in [0.3, 0.4) is 0 Å². The molecule has 0 bridgehead atoms. The molecular weight excluding hydrogens is 302 g/mol. The standard InChI is InChI=1S/C16H18BrNO/c1-11(2)12-4-7-15(8-5-12)19-16-9-14(17)6-3-13(16)10-18/h3-9,11H,10,18H2,1-2H3. The van der Waals surface area contributed by atoms with Gasteiger partial charge in [0, 0.05) is 16.6 Å². The summed E-state index contributed by atoms with van der Waals surface area (Å²) < 4.78 is 6.89. The first-order valence-electron chi connectivity index (χ1n) is 6.36. The molecule has 0 aliphatic rings. The Morgan fingerprint density at radius 2 is 1.79 bits per heavy atom. The highest BCUT2D eigenvalue weighted by Crippen LogP contribution is 2.29. The van der Waals surface area contributed by atoms with E-state index in [1.807, 2.05) is 30.3 Å². The van der Waals surface area contributed by atoms with Gasteiger partial charge in [-0.15, -0.1) is 0 Å². The summed E-state index contributed by atoms with van der Waals surface area (Å²) in [6, 6.07) is 14.1. The van der Waals surface area contributed by atoms with Crippen molar-refractivity contribution >= 4 is 15.9 Å². The molecule has 0 unspecified atom stereocenters. The van der Waals surface area contributed by atoms with Gasteiger partial charge in [0.25, 0.3) is 0 Å². The van der Waals surface area contributed by atoms with E-state index in [-0.39, 0.29) is 0 Å². The second-order valence-electron chi connectivity index (χ2n) is 4.78. The van der Waals surface area contributed by atoms with E-state index in [9.17, 15) is 0 Å². The Bertz CT molecular complexity index is 549. The van der Waals surface area contributed by atoms with Crippen molar-refractivity contribution in [3.63, 3.8) is 0 Å². The third-order valence-corrected chi connectivity index (χ3v) is 3.52. The lowest BCUT2D eigenvalue weighted by atomic mass is 10.0. The maximum atomic E-state index is 5.91. The van der Waals surface area contributed by atoms with Gasteiger partial charge in [-0.2, -0.15) is 0 Å². The summed E-state index contributed by atoms with van der Waals surface area (Å²) in [5.74, 6) is 2.16. The molecule has 0 amide bonds. The van der Waals surface area contributed by atoms with Crippen LogP contribution in [0, 0.1) is 0 Å². The molecule has 0 heterocycles. The molecule has 0 spiro atoms. The minimum absolute atomic E-state index is 0.465. The number of rotatable bonds is 4. The fourth-order valence-corrected chi connectivity index (χ4v) is 2.18. The first kappa shape index (κ1) is 14.1. The van der Waals surface area contributed by atoms with E-state index in [2.05, 4.69) is 41.9 Å². The lowest BCUT2D eigenvalue weighted by Gasteiger charge is -2.12. The van der Waals surface area contributed by atoms with Crippen LogP contribution in [0.1, 0.15) is 30.9 Å². The normalized spacial score (nSPS) is 10.8. The Balaban J connectivity index is 2.23. The average Bonchev–Trinajstić information content (AvgIpc) is 2.39. The predicted octanol–water partition coefficient (Wildman–Crippen LogP) is 4.82. The molecule has 0 aliphatic heterocycles. The van der Waals surface area contributed by atoms with Gasteiger partial charge in [0.05, 0.1) is 0 Å². The summed E-state index contributed by atoms with van der Waals surface area (Å²) in [6.07, 6.45) is 0. The fraction of sp³-hybridized carbons (Fsp3) is 0.250. The highest BCUT2D eigenvalue weighted by Gasteiger charge is 2.05. The van der Waals surface area contributed by atoms with Crippen molar-refractivity contribution in [2.24, 2.45) is 5.73 Å². The summed E-state index contributed by atoms with van der Waals surface area (Å²) in [6.45, 7) is 4.82. The van der Waals surface area contributed by atoms with Gasteiger partial charge in [0.15, 0.2) is 0 Å². The van der Waals surface area contributed by atoms with Crippen molar-refractivity contribution in [3.05, 3.63) is 58.1 Å². The predicted molar refractivity (Wildman–Crippen MR) is 82.6 cm³/mol. The zero-order valence-corrected chi connectivity index (χ0v) is 12.8. The highest BCUT2D eigenvalue weighted by atomic mass is 79.9. The van der Waals surface area contributed by atoms with Gasteiger partial charge in [0.2, 0.25) is 0 Å². The molecular formula is C16H18BrNO. The van der Waals surface area contributed by atoms with Crippen LogP contribution in [-0.4, -0.2) is 0 Å². The fourth-order valence-electron chi connectivity index (χ4n) is 1.84. The second-order valence-corrected chi connectivity index (χ2v) is 5.70. The molecule has 2 N–H and O–H groups in total. The van der Waals surface area contributed by atoms with E-state index in [0.717, 1.165) is 21.5 Å². The summed E-state index contributed by atoms with van der Waals surface area (Å²) in [7, 11) is 0. The van der Waals surface area contributed by atoms with Crippen molar-refractivity contribution in [2.45, 2.75) is 26.3 Å². The Kier molecular flexibility index (Phi) is 4.61. The lowest BCUT2D eigenvalue weighted by Crippen LogP contribution is -1.99. The molecule has 2 nitrogen and oxygen atoms in total. The highest BCUT2D eigenvalue weighted by molar-refractivity contribution is 9.10. The molecule has 0 saturated heterocycles. The van der Waals surface area contributed by atoms with Gasteiger partial charge < -0.3 is 10.5 Å². The van der Waals surface area contributed by atoms with Crippen LogP contribution in [0.4, 0.5) is 0 Å². The van der Waals surface area contributed by atoms with Gasteiger partial charge in [0.1, 0.15) is 11.5 Å². The minimum Gasteiger partial charge on any atom is -0.457 e. The third kappa shape index (κ3) is 3.58. The summed E-state index contributed by atoms with van der Waals surface area (Å²) in [5, 5.41) is 0. The van der Waals surface area contributed by atoms with Gasteiger partial charge in [-0.05, 0) is 35.7 Å². The molecule has 0 aromatic heterocycles. The van der Waals surface area contributed by atoms with Crippen LogP contribution in [0.5, 0.6) is 11.5 Å². The number of hydrogen-bond acceptors (Lipinski definition) is 2. The number of hydrogen-bond donors (Lipinski definition) is 1. The Morgan fingerprint density at radius 1 is 1.11 bits per heavy atom. The van der Waals surface area contributed by atoms with E-state index in [4.69, 9.17) is 10.5 Å². The third-order valence-electron chi connectivity index (χ3n) is 3.02. The smallest absolute Gasteiger partial charge is 0.133 e. The molecule has 3 heteroatoms. The van der Waals surface area contributed by atoms with E-state index >= 15 is 0 Å². The van der Waals surface area contributed by atoms with Crippen LogP contribution in [0.15, 0.2) is 46.9 Å². The summed E-state index contributed by atoms with van der Waals surface area (Å²) in [4.78, 5) is 0. The van der Waals surface area contributed by atoms with Crippen LogP contribution < -0.4 is 10.5 Å². The molecule has 0 atom stereocenters. The van der Waals surface area contributed by atoms with E-state index < -0.39 is 0 Å². The molecule has 100 valence electrons. The Morgan fingerprint density at radius 3 is 2.37 bits per heavy atom. The molecule has 2 rings (SSSR count). The van der Waals surface area contributed by atoms with Crippen molar-refractivity contribution in [1.82, 2.24) is 0 Å². The zero-order valence-electron chi connectivity index (χ0n) is 11.2. The number of halogens is 1. The van der Waals surface area contributed by atoms with Crippen molar-refractivity contribution < 1.29 is 4.74 Å². The first-order chi connectivity index (χ1) is 9.10. The van der Waals surface area contributed by atoms with Crippen molar-refractivity contribution in [1.29, 1.82) is 0 Å². The van der Waals surface area contributed by atoms with Crippen LogP contribution in [-0.2, 0) is 6.54 Å². The first-order valence-corrected chi connectivity index (χ1v) is 7.15. The second kappa shape index (κ2) is 6.22. The van der Waals surface area contributed by atoms with Crippen LogP contribution in [0.25, 0.3) is 0 Å². The Hall–Kier alpha value is -1.32. The van der Waals surface area contributed by atoms with Gasteiger partial charge in [-0.25, -0.2) is 0 Å². The molecule has 19 heavy (non-hydrogen) atoms. The van der Waals surface area contributed by atoms with Gasteiger partial charge in [-0.3, -0.25) is 0 Å². The number of ether oxygens (including phenoxy) is 1. The monoisotopic (exact) mass is 319 g/mol. The molecule has 0 fully saturated rings.